The molecule has 1 atom stereocenters. The standard InChI is InChI=1S/C7H12N2O2S2/c8-6(10)4-9-7(11)3-5-1-2-12-13-5/h5H,1-4H2,(H2,8,10)(H,9,11). The van der Waals surface area contributed by atoms with E-state index in [1.165, 1.54) is 0 Å². The fourth-order valence-corrected chi connectivity index (χ4v) is 3.87. The number of rotatable bonds is 4. The molecule has 0 aliphatic carbocycles. The van der Waals surface area contributed by atoms with Gasteiger partial charge in [-0.3, -0.25) is 9.59 Å². The molecular formula is C7H12N2O2S2. The van der Waals surface area contributed by atoms with E-state index >= 15 is 0 Å². The molecular weight excluding hydrogens is 208 g/mol. The maximum atomic E-state index is 11.2. The van der Waals surface area contributed by atoms with Crippen molar-refractivity contribution in [3.63, 3.8) is 0 Å². The molecule has 1 aliphatic rings. The Morgan fingerprint density at radius 2 is 2.31 bits per heavy atom. The van der Waals surface area contributed by atoms with Crippen LogP contribution in [0.25, 0.3) is 0 Å². The summed E-state index contributed by atoms with van der Waals surface area (Å²) in [4.78, 5) is 21.5. The molecule has 1 saturated heterocycles. The van der Waals surface area contributed by atoms with E-state index in [4.69, 9.17) is 5.73 Å². The Morgan fingerprint density at radius 3 is 2.85 bits per heavy atom. The average Bonchev–Trinajstić information content (AvgIpc) is 2.53. The van der Waals surface area contributed by atoms with Gasteiger partial charge in [0.15, 0.2) is 0 Å². The number of nitrogens with two attached hydrogens (primary N) is 1. The molecule has 1 unspecified atom stereocenters. The van der Waals surface area contributed by atoms with Gasteiger partial charge in [0.1, 0.15) is 0 Å². The minimum atomic E-state index is -0.498. The Bertz CT molecular complexity index is 205. The van der Waals surface area contributed by atoms with Crippen molar-refractivity contribution in [1.82, 2.24) is 5.32 Å². The molecule has 0 spiro atoms. The van der Waals surface area contributed by atoms with Gasteiger partial charge in [-0.2, -0.15) is 0 Å². The van der Waals surface area contributed by atoms with E-state index in [0.717, 1.165) is 12.2 Å². The lowest BCUT2D eigenvalue weighted by atomic mass is 10.2. The molecule has 0 radical (unpaired) electrons. The van der Waals surface area contributed by atoms with Gasteiger partial charge in [-0.25, -0.2) is 0 Å². The van der Waals surface area contributed by atoms with Crippen LogP contribution in [0.15, 0.2) is 0 Å². The molecule has 1 heterocycles. The van der Waals surface area contributed by atoms with E-state index < -0.39 is 5.91 Å². The highest BCUT2D eigenvalue weighted by molar-refractivity contribution is 8.77. The van der Waals surface area contributed by atoms with Gasteiger partial charge in [-0.1, -0.05) is 21.6 Å². The Labute approximate surface area is 84.8 Å². The summed E-state index contributed by atoms with van der Waals surface area (Å²) in [6.45, 7) is -0.0522. The van der Waals surface area contributed by atoms with Crippen molar-refractivity contribution in [3.8, 4) is 0 Å². The second-order valence-corrected chi connectivity index (χ2v) is 5.56. The molecule has 74 valence electrons. The van der Waals surface area contributed by atoms with Crippen LogP contribution in [0.2, 0.25) is 0 Å². The summed E-state index contributed by atoms with van der Waals surface area (Å²) in [6.07, 6.45) is 1.56. The third-order valence-corrected chi connectivity index (χ3v) is 4.54. The number of carbonyl (C=O) groups is 2. The summed E-state index contributed by atoms with van der Waals surface area (Å²) >= 11 is 0. The molecule has 4 nitrogen and oxygen atoms in total. The van der Waals surface area contributed by atoms with Gasteiger partial charge in [-0.05, 0) is 6.42 Å². The van der Waals surface area contributed by atoms with Crippen LogP contribution in [0.3, 0.4) is 0 Å². The van der Waals surface area contributed by atoms with Crippen molar-refractivity contribution >= 4 is 33.4 Å². The van der Waals surface area contributed by atoms with E-state index in [-0.39, 0.29) is 12.5 Å². The van der Waals surface area contributed by atoms with Crippen molar-refractivity contribution in [1.29, 1.82) is 0 Å². The first-order valence-corrected chi connectivity index (χ1v) is 6.40. The normalized spacial score (nSPS) is 21.4. The number of carbonyl (C=O) groups excluding carboxylic acids is 2. The predicted molar refractivity (Wildman–Crippen MR) is 55.3 cm³/mol. The second-order valence-electron chi connectivity index (χ2n) is 2.78. The fourth-order valence-electron chi connectivity index (χ4n) is 0.973. The molecule has 2 amide bonds. The molecule has 1 aliphatic heterocycles. The van der Waals surface area contributed by atoms with E-state index in [0.29, 0.717) is 11.7 Å². The lowest BCUT2D eigenvalue weighted by Crippen LogP contribution is -2.34. The Balaban J connectivity index is 2.13. The molecule has 13 heavy (non-hydrogen) atoms. The van der Waals surface area contributed by atoms with Crippen LogP contribution < -0.4 is 11.1 Å². The average molecular weight is 220 g/mol. The van der Waals surface area contributed by atoms with Gasteiger partial charge in [0.2, 0.25) is 11.8 Å². The molecule has 1 rings (SSSR count). The molecule has 0 aromatic carbocycles. The molecule has 0 aromatic rings. The first-order valence-electron chi connectivity index (χ1n) is 4.02. The van der Waals surface area contributed by atoms with E-state index in [2.05, 4.69) is 5.32 Å². The van der Waals surface area contributed by atoms with Gasteiger partial charge in [0.25, 0.3) is 0 Å². The Hall–Kier alpha value is -0.360. The highest BCUT2D eigenvalue weighted by Crippen LogP contribution is 2.38. The predicted octanol–water partition coefficient (Wildman–Crippen LogP) is 0.132. The van der Waals surface area contributed by atoms with Gasteiger partial charge >= 0.3 is 0 Å². The van der Waals surface area contributed by atoms with Crippen molar-refractivity contribution in [2.24, 2.45) is 5.73 Å². The smallest absolute Gasteiger partial charge is 0.236 e. The number of hydrogen-bond acceptors (Lipinski definition) is 4. The lowest BCUT2D eigenvalue weighted by molar-refractivity contribution is -0.124. The highest BCUT2D eigenvalue weighted by atomic mass is 33.1. The largest absolute Gasteiger partial charge is 0.368 e. The summed E-state index contributed by atoms with van der Waals surface area (Å²) in [5.74, 6) is 0.527. The quantitative estimate of drug-likeness (QED) is 0.661. The van der Waals surface area contributed by atoms with E-state index in [9.17, 15) is 9.59 Å². The van der Waals surface area contributed by atoms with Crippen LogP contribution in [0, 0.1) is 0 Å². The van der Waals surface area contributed by atoms with Crippen molar-refractivity contribution < 1.29 is 9.59 Å². The third kappa shape index (κ3) is 4.42. The lowest BCUT2D eigenvalue weighted by Gasteiger charge is -2.06. The first kappa shape index (κ1) is 10.7. The Kier molecular flexibility index (Phi) is 4.44. The van der Waals surface area contributed by atoms with Crippen LogP contribution in [0.5, 0.6) is 0 Å². The molecule has 6 heteroatoms. The monoisotopic (exact) mass is 220 g/mol. The molecule has 0 saturated carbocycles. The number of nitrogens with one attached hydrogen (secondary N) is 1. The Morgan fingerprint density at radius 1 is 1.54 bits per heavy atom. The van der Waals surface area contributed by atoms with Crippen LogP contribution in [-0.2, 0) is 9.59 Å². The zero-order valence-corrected chi connectivity index (χ0v) is 8.75. The van der Waals surface area contributed by atoms with Crippen molar-refractivity contribution in [2.75, 3.05) is 12.3 Å². The van der Waals surface area contributed by atoms with Crippen LogP contribution in [0.4, 0.5) is 0 Å². The topological polar surface area (TPSA) is 72.2 Å². The zero-order chi connectivity index (χ0) is 9.68. The molecule has 3 N–H and O–H groups in total. The molecule has 0 aromatic heterocycles. The van der Waals surface area contributed by atoms with Crippen LogP contribution in [0.1, 0.15) is 12.8 Å². The minimum Gasteiger partial charge on any atom is -0.368 e. The summed E-state index contributed by atoms with van der Waals surface area (Å²) in [6, 6.07) is 0. The highest BCUT2D eigenvalue weighted by Gasteiger charge is 2.19. The minimum absolute atomic E-state index is 0.0522. The summed E-state index contributed by atoms with van der Waals surface area (Å²) in [5.41, 5.74) is 4.89. The second kappa shape index (κ2) is 5.39. The van der Waals surface area contributed by atoms with E-state index in [1.54, 1.807) is 21.6 Å². The maximum Gasteiger partial charge on any atom is 0.236 e. The van der Waals surface area contributed by atoms with Crippen LogP contribution >= 0.6 is 21.6 Å². The van der Waals surface area contributed by atoms with Crippen molar-refractivity contribution in [3.05, 3.63) is 0 Å². The van der Waals surface area contributed by atoms with Crippen LogP contribution in [-0.4, -0.2) is 29.4 Å². The number of hydrogen-bond donors (Lipinski definition) is 2. The van der Waals surface area contributed by atoms with Gasteiger partial charge in [-0.15, -0.1) is 0 Å². The maximum absolute atomic E-state index is 11.2. The van der Waals surface area contributed by atoms with Crippen molar-refractivity contribution in [2.45, 2.75) is 18.1 Å². The van der Waals surface area contributed by atoms with Gasteiger partial charge in [0.05, 0.1) is 6.54 Å². The summed E-state index contributed by atoms with van der Waals surface area (Å²) < 4.78 is 0. The van der Waals surface area contributed by atoms with Gasteiger partial charge < -0.3 is 11.1 Å². The number of primary amides is 1. The fraction of sp³-hybridized carbons (Fsp3) is 0.714. The summed E-state index contributed by atoms with van der Waals surface area (Å²) in [5, 5.41) is 2.87. The molecule has 0 bridgehead atoms. The third-order valence-electron chi connectivity index (χ3n) is 1.60. The molecule has 1 fully saturated rings. The van der Waals surface area contributed by atoms with E-state index in [1.807, 2.05) is 0 Å². The number of amides is 2. The SMILES string of the molecule is NC(=O)CNC(=O)CC1CCSS1. The zero-order valence-electron chi connectivity index (χ0n) is 7.12. The van der Waals surface area contributed by atoms with Gasteiger partial charge in [0, 0.05) is 17.4 Å². The summed E-state index contributed by atoms with van der Waals surface area (Å²) in [7, 11) is 3.54. The first-order chi connectivity index (χ1) is 6.18.